The molecule has 0 spiro atoms. The molecule has 22 heavy (non-hydrogen) atoms. The van der Waals surface area contributed by atoms with E-state index < -0.39 is 0 Å². The molecule has 2 unspecified atom stereocenters. The Hall–Kier alpha value is -0.590. The molecule has 122 valence electrons. The maximum Gasteiger partial charge on any atom is 0.162 e. The molecule has 0 aromatic carbocycles. The maximum absolute atomic E-state index is 5.41. The van der Waals surface area contributed by atoms with Gasteiger partial charge in [-0.05, 0) is 31.4 Å². The smallest absolute Gasteiger partial charge is 0.162 e. The second-order valence-electron chi connectivity index (χ2n) is 5.78. The summed E-state index contributed by atoms with van der Waals surface area (Å²) in [6.45, 7) is 3.30. The highest BCUT2D eigenvalue weighted by Gasteiger charge is 2.29. The van der Waals surface area contributed by atoms with Gasteiger partial charge in [-0.2, -0.15) is 0 Å². The Kier molecular flexibility index (Phi) is 6.29. The molecule has 2 saturated heterocycles. The predicted molar refractivity (Wildman–Crippen MR) is 94.2 cm³/mol. The summed E-state index contributed by atoms with van der Waals surface area (Å²) in [5.74, 6) is 0.873. The van der Waals surface area contributed by atoms with E-state index in [1.165, 1.54) is 31.5 Å². The quantitative estimate of drug-likeness (QED) is 0.906. The Bertz CT molecular complexity index is 575. The van der Waals surface area contributed by atoms with E-state index in [4.69, 9.17) is 9.40 Å². The first kappa shape index (κ1) is 17.8. The first-order valence-corrected chi connectivity index (χ1v) is 8.21. The lowest BCUT2D eigenvalue weighted by Gasteiger charge is -2.22. The summed E-state index contributed by atoms with van der Waals surface area (Å²) in [4.78, 5) is 7.24. The van der Waals surface area contributed by atoms with Crippen LogP contribution in [0.25, 0.3) is 10.8 Å². The van der Waals surface area contributed by atoms with Gasteiger partial charge in [-0.25, -0.2) is 4.98 Å². The molecule has 4 rings (SSSR count). The van der Waals surface area contributed by atoms with E-state index in [2.05, 4.69) is 15.6 Å². The molecule has 2 fully saturated rings. The van der Waals surface area contributed by atoms with Crippen LogP contribution in [-0.2, 0) is 6.54 Å². The third kappa shape index (κ3) is 3.84. The molecule has 0 saturated carbocycles. The minimum Gasteiger partial charge on any atom is -0.462 e. The highest BCUT2D eigenvalue weighted by Crippen LogP contribution is 2.26. The second-order valence-corrected chi connectivity index (χ2v) is 6.64. The summed E-state index contributed by atoms with van der Waals surface area (Å²) >= 11 is 1.67. The van der Waals surface area contributed by atoms with Crippen molar-refractivity contribution in [2.45, 2.75) is 37.9 Å². The number of hydrogen-bond acceptors (Lipinski definition) is 5. The van der Waals surface area contributed by atoms with Crippen molar-refractivity contribution in [3.63, 3.8) is 0 Å². The van der Waals surface area contributed by atoms with Crippen molar-refractivity contribution in [3.8, 4) is 10.8 Å². The molecule has 0 radical (unpaired) electrons. The van der Waals surface area contributed by atoms with Gasteiger partial charge in [-0.1, -0.05) is 0 Å². The van der Waals surface area contributed by atoms with Gasteiger partial charge in [-0.3, -0.25) is 4.90 Å². The van der Waals surface area contributed by atoms with Crippen molar-refractivity contribution in [2.24, 2.45) is 0 Å². The Morgan fingerprint density at radius 3 is 2.95 bits per heavy atom. The van der Waals surface area contributed by atoms with Gasteiger partial charge in [0.15, 0.2) is 10.8 Å². The first-order chi connectivity index (χ1) is 9.87. The minimum atomic E-state index is 0. The molecule has 2 aliphatic rings. The summed E-state index contributed by atoms with van der Waals surface area (Å²) in [6.07, 6.45) is 5.66. The van der Waals surface area contributed by atoms with E-state index in [0.29, 0.717) is 6.04 Å². The largest absolute Gasteiger partial charge is 0.462 e. The minimum absolute atomic E-state index is 0. The Labute approximate surface area is 147 Å². The van der Waals surface area contributed by atoms with Gasteiger partial charge in [0, 0.05) is 37.1 Å². The average Bonchev–Trinajstić information content (AvgIpc) is 3.13. The van der Waals surface area contributed by atoms with Crippen LogP contribution in [0.2, 0.25) is 0 Å². The Morgan fingerprint density at radius 1 is 1.27 bits per heavy atom. The van der Waals surface area contributed by atoms with Gasteiger partial charge in [0.2, 0.25) is 0 Å². The lowest BCUT2D eigenvalue weighted by molar-refractivity contribution is 0.248. The number of fused-ring (bicyclic) bond motifs is 2. The number of furan rings is 1. The molecule has 0 aliphatic carbocycles. The molecule has 0 amide bonds. The van der Waals surface area contributed by atoms with E-state index >= 15 is 0 Å². The zero-order valence-electron chi connectivity index (χ0n) is 12.2. The zero-order chi connectivity index (χ0) is 13.4. The van der Waals surface area contributed by atoms with Crippen LogP contribution >= 0.6 is 36.2 Å². The van der Waals surface area contributed by atoms with Crippen molar-refractivity contribution in [3.05, 3.63) is 29.5 Å². The molecular formula is C15H21Cl2N3OS. The van der Waals surface area contributed by atoms with Crippen LogP contribution in [0.1, 0.15) is 25.0 Å². The van der Waals surface area contributed by atoms with Crippen LogP contribution in [0, 0.1) is 0 Å². The summed E-state index contributed by atoms with van der Waals surface area (Å²) in [7, 11) is 0. The predicted octanol–water partition coefficient (Wildman–Crippen LogP) is 3.57. The monoisotopic (exact) mass is 361 g/mol. The van der Waals surface area contributed by atoms with Crippen molar-refractivity contribution in [2.75, 3.05) is 13.1 Å². The van der Waals surface area contributed by atoms with Crippen LogP contribution in [-0.4, -0.2) is 35.1 Å². The van der Waals surface area contributed by atoms with Crippen LogP contribution in [0.4, 0.5) is 0 Å². The number of nitrogens with zero attached hydrogens (tertiary/aromatic N) is 2. The number of thiazole rings is 1. The van der Waals surface area contributed by atoms with Gasteiger partial charge in [0.25, 0.3) is 0 Å². The SMILES string of the molecule is Cl.Cl.c1coc(-c2nc(CN3CCC4CCC(C3)N4)cs2)c1. The topological polar surface area (TPSA) is 41.3 Å². The molecule has 2 aromatic rings. The molecular weight excluding hydrogens is 341 g/mol. The fourth-order valence-electron chi connectivity index (χ4n) is 3.28. The number of halogens is 2. The number of aromatic nitrogens is 1. The summed E-state index contributed by atoms with van der Waals surface area (Å²) in [6, 6.07) is 5.31. The normalized spacial score (nSPS) is 24.4. The summed E-state index contributed by atoms with van der Waals surface area (Å²) in [5.41, 5.74) is 1.17. The fraction of sp³-hybridized carbons (Fsp3) is 0.533. The van der Waals surface area contributed by atoms with Crippen LogP contribution < -0.4 is 5.32 Å². The molecule has 4 heterocycles. The number of likely N-dealkylation sites (tertiary alicyclic amines) is 1. The van der Waals surface area contributed by atoms with Crippen molar-refractivity contribution >= 4 is 36.2 Å². The molecule has 2 bridgehead atoms. The van der Waals surface area contributed by atoms with Crippen LogP contribution in [0.3, 0.4) is 0 Å². The highest BCUT2D eigenvalue weighted by atomic mass is 35.5. The molecule has 2 aliphatic heterocycles. The van der Waals surface area contributed by atoms with Gasteiger partial charge >= 0.3 is 0 Å². The Morgan fingerprint density at radius 2 is 2.14 bits per heavy atom. The molecule has 2 atom stereocenters. The van der Waals surface area contributed by atoms with E-state index in [9.17, 15) is 0 Å². The summed E-state index contributed by atoms with van der Waals surface area (Å²) in [5, 5.41) is 6.87. The van der Waals surface area contributed by atoms with E-state index in [0.717, 1.165) is 29.9 Å². The highest BCUT2D eigenvalue weighted by molar-refractivity contribution is 7.13. The fourth-order valence-corrected chi connectivity index (χ4v) is 4.06. The van der Waals surface area contributed by atoms with Gasteiger partial charge in [0.1, 0.15) is 0 Å². The Balaban J connectivity index is 0.000000882. The van der Waals surface area contributed by atoms with Crippen molar-refractivity contribution in [1.29, 1.82) is 0 Å². The maximum atomic E-state index is 5.41. The van der Waals surface area contributed by atoms with Gasteiger partial charge in [0.05, 0.1) is 12.0 Å². The summed E-state index contributed by atoms with van der Waals surface area (Å²) < 4.78 is 5.41. The van der Waals surface area contributed by atoms with E-state index in [-0.39, 0.29) is 24.8 Å². The first-order valence-electron chi connectivity index (χ1n) is 7.33. The lowest BCUT2D eigenvalue weighted by Crippen LogP contribution is -2.35. The van der Waals surface area contributed by atoms with Gasteiger partial charge in [-0.15, -0.1) is 36.2 Å². The van der Waals surface area contributed by atoms with E-state index in [1.54, 1.807) is 17.6 Å². The average molecular weight is 362 g/mol. The van der Waals surface area contributed by atoms with Crippen molar-refractivity contribution in [1.82, 2.24) is 15.2 Å². The van der Waals surface area contributed by atoms with Crippen LogP contribution in [0.15, 0.2) is 28.2 Å². The third-order valence-corrected chi connectivity index (χ3v) is 5.18. The number of hydrogen-bond donors (Lipinski definition) is 1. The van der Waals surface area contributed by atoms with Crippen molar-refractivity contribution < 1.29 is 4.42 Å². The third-order valence-electron chi connectivity index (χ3n) is 4.28. The van der Waals surface area contributed by atoms with E-state index in [1.807, 2.05) is 12.1 Å². The standard InChI is InChI=1S/C15H19N3OS.2ClH/c1-2-14(19-7-1)15-17-13(10-20-15)9-18-6-5-11-3-4-12(8-18)16-11;;/h1-2,7,10-12,16H,3-6,8-9H2;2*1H. The molecule has 7 heteroatoms. The molecule has 1 N–H and O–H groups in total. The lowest BCUT2D eigenvalue weighted by atomic mass is 10.1. The van der Waals surface area contributed by atoms with Crippen LogP contribution in [0.5, 0.6) is 0 Å². The molecule has 2 aromatic heterocycles. The zero-order valence-corrected chi connectivity index (χ0v) is 14.7. The number of nitrogens with one attached hydrogen (secondary N) is 1. The van der Waals surface area contributed by atoms with Gasteiger partial charge < -0.3 is 9.73 Å². The number of rotatable bonds is 3. The second kappa shape index (κ2) is 7.79. The molecule has 4 nitrogen and oxygen atoms in total.